The standard InChI is InChI=1S/C11H18BrN3S/c1-10(8-12)9-14-3-5-15(6-4-14)11-13-2-7-16-11/h2,7,10H,3-6,8-9H2,1H3. The molecule has 0 bridgehead atoms. The number of aromatic nitrogens is 1. The third-order valence-electron chi connectivity index (χ3n) is 2.90. The van der Waals surface area contributed by atoms with Crippen molar-refractivity contribution in [3.05, 3.63) is 11.6 Å². The average molecular weight is 304 g/mol. The number of hydrogen-bond acceptors (Lipinski definition) is 4. The predicted molar refractivity (Wildman–Crippen MR) is 73.7 cm³/mol. The van der Waals surface area contributed by atoms with Gasteiger partial charge in [0.1, 0.15) is 0 Å². The highest BCUT2D eigenvalue weighted by atomic mass is 79.9. The first-order chi connectivity index (χ1) is 7.79. The van der Waals surface area contributed by atoms with Gasteiger partial charge in [-0.25, -0.2) is 4.98 Å². The summed E-state index contributed by atoms with van der Waals surface area (Å²) in [6, 6.07) is 0. The monoisotopic (exact) mass is 303 g/mol. The van der Waals surface area contributed by atoms with E-state index in [1.54, 1.807) is 11.3 Å². The highest BCUT2D eigenvalue weighted by Crippen LogP contribution is 2.19. The molecule has 1 aliphatic rings. The first-order valence-corrected chi connectivity index (χ1v) is 7.72. The lowest BCUT2D eigenvalue weighted by molar-refractivity contribution is 0.233. The van der Waals surface area contributed by atoms with Crippen LogP contribution in [0, 0.1) is 5.92 Å². The molecule has 2 rings (SSSR count). The fourth-order valence-corrected chi connectivity index (χ4v) is 2.88. The number of nitrogens with zero attached hydrogens (tertiary/aromatic N) is 3. The van der Waals surface area contributed by atoms with E-state index < -0.39 is 0 Å². The fourth-order valence-electron chi connectivity index (χ4n) is 1.98. The summed E-state index contributed by atoms with van der Waals surface area (Å²) in [6.45, 7) is 8.05. The molecular weight excluding hydrogens is 286 g/mol. The molecule has 0 aliphatic carbocycles. The first kappa shape index (κ1) is 12.3. The molecule has 0 saturated carbocycles. The van der Waals surface area contributed by atoms with E-state index >= 15 is 0 Å². The predicted octanol–water partition coefficient (Wildman–Crippen LogP) is 2.30. The lowest BCUT2D eigenvalue weighted by atomic mass is 10.2. The third kappa shape index (κ3) is 3.18. The molecule has 5 heteroatoms. The van der Waals surface area contributed by atoms with E-state index in [0.717, 1.165) is 37.4 Å². The second kappa shape index (κ2) is 5.98. The van der Waals surface area contributed by atoms with Gasteiger partial charge in [-0.3, -0.25) is 4.90 Å². The van der Waals surface area contributed by atoms with Gasteiger partial charge in [-0.15, -0.1) is 11.3 Å². The molecule has 1 aliphatic heterocycles. The Labute approximate surface area is 110 Å². The molecule has 1 aromatic heterocycles. The van der Waals surface area contributed by atoms with Crippen molar-refractivity contribution < 1.29 is 0 Å². The summed E-state index contributed by atoms with van der Waals surface area (Å²) in [5.74, 6) is 0.742. The van der Waals surface area contributed by atoms with E-state index in [9.17, 15) is 0 Å². The second-order valence-corrected chi connectivity index (χ2v) is 5.88. The van der Waals surface area contributed by atoms with Gasteiger partial charge in [0, 0.05) is 49.6 Å². The van der Waals surface area contributed by atoms with Gasteiger partial charge in [-0.2, -0.15) is 0 Å². The third-order valence-corrected chi connectivity index (χ3v) is 4.83. The number of anilines is 1. The Balaban J connectivity index is 1.78. The van der Waals surface area contributed by atoms with Crippen LogP contribution in [0.25, 0.3) is 0 Å². The van der Waals surface area contributed by atoms with E-state index in [1.807, 2.05) is 6.20 Å². The highest BCUT2D eigenvalue weighted by Gasteiger charge is 2.19. The van der Waals surface area contributed by atoms with Crippen molar-refractivity contribution in [2.75, 3.05) is 43.0 Å². The number of hydrogen-bond donors (Lipinski definition) is 0. The zero-order chi connectivity index (χ0) is 11.4. The van der Waals surface area contributed by atoms with Crippen molar-refractivity contribution in [2.24, 2.45) is 5.92 Å². The molecule has 90 valence electrons. The summed E-state index contributed by atoms with van der Waals surface area (Å²) in [5.41, 5.74) is 0. The molecule has 1 fully saturated rings. The van der Waals surface area contributed by atoms with Crippen LogP contribution in [-0.4, -0.2) is 47.9 Å². The minimum Gasteiger partial charge on any atom is -0.346 e. The largest absolute Gasteiger partial charge is 0.346 e. The summed E-state index contributed by atoms with van der Waals surface area (Å²) in [6.07, 6.45) is 1.89. The van der Waals surface area contributed by atoms with E-state index in [-0.39, 0.29) is 0 Å². The van der Waals surface area contributed by atoms with Crippen LogP contribution in [-0.2, 0) is 0 Å². The van der Waals surface area contributed by atoms with Gasteiger partial charge in [-0.1, -0.05) is 22.9 Å². The van der Waals surface area contributed by atoms with Crippen LogP contribution in [0.3, 0.4) is 0 Å². The zero-order valence-electron chi connectivity index (χ0n) is 9.60. The van der Waals surface area contributed by atoms with Gasteiger partial charge in [0.15, 0.2) is 5.13 Å². The van der Waals surface area contributed by atoms with Crippen LogP contribution in [0.4, 0.5) is 5.13 Å². The van der Waals surface area contributed by atoms with E-state index in [4.69, 9.17) is 0 Å². The van der Waals surface area contributed by atoms with E-state index in [0.29, 0.717) is 0 Å². The Bertz CT molecular complexity index is 296. The summed E-state index contributed by atoms with van der Waals surface area (Å²) < 4.78 is 0. The molecule has 1 saturated heterocycles. The van der Waals surface area contributed by atoms with Crippen molar-refractivity contribution in [2.45, 2.75) is 6.92 Å². The normalized spacial score (nSPS) is 20.0. The molecule has 0 aromatic carbocycles. The molecule has 3 nitrogen and oxygen atoms in total. The molecule has 1 atom stereocenters. The van der Waals surface area contributed by atoms with Crippen molar-refractivity contribution in [1.82, 2.24) is 9.88 Å². The Kier molecular flexibility index (Phi) is 4.61. The molecular formula is C11H18BrN3S. The van der Waals surface area contributed by atoms with Crippen molar-refractivity contribution in [3.8, 4) is 0 Å². The van der Waals surface area contributed by atoms with Gasteiger partial charge in [0.05, 0.1) is 0 Å². The fraction of sp³-hybridized carbons (Fsp3) is 0.727. The average Bonchev–Trinajstić information content (AvgIpc) is 2.83. The Morgan fingerprint density at radius 3 is 2.75 bits per heavy atom. The van der Waals surface area contributed by atoms with Crippen LogP contribution in [0.15, 0.2) is 11.6 Å². The smallest absolute Gasteiger partial charge is 0.185 e. The Morgan fingerprint density at radius 1 is 1.44 bits per heavy atom. The number of rotatable bonds is 4. The summed E-state index contributed by atoms with van der Waals surface area (Å²) in [5, 5.41) is 4.32. The molecule has 0 radical (unpaired) electrons. The minimum absolute atomic E-state index is 0.742. The van der Waals surface area contributed by atoms with Crippen molar-refractivity contribution in [3.63, 3.8) is 0 Å². The van der Waals surface area contributed by atoms with E-state index in [1.165, 1.54) is 11.7 Å². The maximum Gasteiger partial charge on any atom is 0.185 e. The quantitative estimate of drug-likeness (QED) is 0.796. The van der Waals surface area contributed by atoms with Gasteiger partial charge in [-0.05, 0) is 5.92 Å². The lowest BCUT2D eigenvalue weighted by Gasteiger charge is -2.35. The van der Waals surface area contributed by atoms with E-state index in [2.05, 4.69) is 43.0 Å². The Morgan fingerprint density at radius 2 is 2.19 bits per heavy atom. The number of halogens is 1. The second-order valence-electron chi connectivity index (χ2n) is 4.36. The summed E-state index contributed by atoms with van der Waals surface area (Å²) in [7, 11) is 0. The maximum atomic E-state index is 4.36. The highest BCUT2D eigenvalue weighted by molar-refractivity contribution is 9.09. The Hall–Kier alpha value is -0.130. The topological polar surface area (TPSA) is 19.4 Å². The SMILES string of the molecule is CC(CBr)CN1CCN(c2nccs2)CC1. The maximum absolute atomic E-state index is 4.36. The van der Waals surface area contributed by atoms with Gasteiger partial charge >= 0.3 is 0 Å². The van der Waals surface area contributed by atoms with Gasteiger partial charge in [0.25, 0.3) is 0 Å². The lowest BCUT2D eigenvalue weighted by Crippen LogP contribution is -2.47. The molecule has 0 N–H and O–H groups in total. The number of thiazole rings is 1. The molecule has 16 heavy (non-hydrogen) atoms. The molecule has 2 heterocycles. The molecule has 0 spiro atoms. The van der Waals surface area contributed by atoms with Crippen molar-refractivity contribution >= 4 is 32.4 Å². The number of piperazine rings is 1. The van der Waals surface area contributed by atoms with Crippen LogP contribution in [0.2, 0.25) is 0 Å². The van der Waals surface area contributed by atoms with Crippen molar-refractivity contribution in [1.29, 1.82) is 0 Å². The van der Waals surface area contributed by atoms with Gasteiger partial charge < -0.3 is 4.90 Å². The molecule has 1 aromatic rings. The zero-order valence-corrected chi connectivity index (χ0v) is 12.0. The summed E-state index contributed by atoms with van der Waals surface area (Å²) in [4.78, 5) is 9.30. The molecule has 0 amide bonds. The van der Waals surface area contributed by atoms with Crippen LogP contribution in [0.5, 0.6) is 0 Å². The van der Waals surface area contributed by atoms with Crippen LogP contribution in [0.1, 0.15) is 6.92 Å². The number of alkyl halides is 1. The van der Waals surface area contributed by atoms with Crippen LogP contribution < -0.4 is 4.90 Å². The molecule has 1 unspecified atom stereocenters. The van der Waals surface area contributed by atoms with Gasteiger partial charge in [0.2, 0.25) is 0 Å². The minimum atomic E-state index is 0.742. The van der Waals surface area contributed by atoms with Crippen LogP contribution >= 0.6 is 27.3 Å². The first-order valence-electron chi connectivity index (χ1n) is 5.72. The summed E-state index contributed by atoms with van der Waals surface area (Å²) >= 11 is 5.28.